The van der Waals surface area contributed by atoms with Crippen LogP contribution in [0.3, 0.4) is 0 Å². The van der Waals surface area contributed by atoms with Crippen LogP contribution in [0.2, 0.25) is 0 Å². The highest BCUT2D eigenvalue weighted by molar-refractivity contribution is 5.69. The third kappa shape index (κ3) is 10.4. The minimum absolute atomic E-state index is 0.0163. The molecule has 2 atom stereocenters. The first-order valence-electron chi connectivity index (χ1n) is 14.1. The van der Waals surface area contributed by atoms with Crippen LogP contribution >= 0.6 is 0 Å². The monoisotopic (exact) mass is 616 g/mol. The number of carboxylic acid groups (broad SMARTS) is 1. The predicted octanol–water partition coefficient (Wildman–Crippen LogP) is 5.21. The molecule has 2 aliphatic rings. The van der Waals surface area contributed by atoms with Gasteiger partial charge in [0.2, 0.25) is 0 Å². The van der Waals surface area contributed by atoms with Crippen molar-refractivity contribution < 1.29 is 41.0 Å². The number of carbonyl (C=O) groups is 2. The Bertz CT molecular complexity index is 1160. The molecule has 2 aromatic carbocycles. The molecule has 13 heteroatoms. The maximum atomic E-state index is 12.5. The fraction of sp³-hybridized carbons (Fsp3) is 0.533. The summed E-state index contributed by atoms with van der Waals surface area (Å²) in [5.74, 6) is -1.22. The summed E-state index contributed by atoms with van der Waals surface area (Å²) in [4.78, 5) is 29.9. The maximum absolute atomic E-state index is 12.5. The van der Waals surface area contributed by atoms with E-state index in [0.717, 1.165) is 74.7 Å². The van der Waals surface area contributed by atoms with E-state index in [9.17, 15) is 35.9 Å². The number of rotatable bonds is 8. The van der Waals surface area contributed by atoms with Gasteiger partial charge in [-0.1, -0.05) is 13.8 Å². The van der Waals surface area contributed by atoms with E-state index in [1.807, 2.05) is 11.8 Å². The zero-order valence-electron chi connectivity index (χ0n) is 24.2. The average molecular weight is 617 g/mol. The molecule has 0 amide bonds. The number of hydrogen-bond acceptors (Lipinski definition) is 6. The van der Waals surface area contributed by atoms with Gasteiger partial charge in [0.1, 0.15) is 6.29 Å². The minimum atomic E-state index is -4.32. The topological polar surface area (TPSA) is 67.3 Å². The Labute approximate surface area is 247 Å². The van der Waals surface area contributed by atoms with E-state index < -0.39 is 35.4 Å². The van der Waals surface area contributed by atoms with Crippen molar-refractivity contribution in [3.63, 3.8) is 0 Å². The number of carbonyl (C=O) groups excluding carboxylic acids is 1. The van der Waals surface area contributed by atoms with Crippen LogP contribution < -0.4 is 9.80 Å². The van der Waals surface area contributed by atoms with Gasteiger partial charge in [0.05, 0.1) is 17.0 Å². The lowest BCUT2D eigenvalue weighted by Gasteiger charge is -2.36. The molecule has 0 radical (unpaired) electrons. The molecule has 0 unspecified atom stereocenters. The van der Waals surface area contributed by atoms with Crippen molar-refractivity contribution in [2.45, 2.75) is 26.2 Å². The number of piperazine rings is 2. The first-order chi connectivity index (χ1) is 20.2. The molecular weight excluding hydrogens is 578 g/mol. The van der Waals surface area contributed by atoms with Crippen molar-refractivity contribution in [1.82, 2.24) is 9.80 Å². The lowest BCUT2D eigenvalue weighted by molar-refractivity contribution is -0.142. The van der Waals surface area contributed by atoms with E-state index in [2.05, 4.69) is 14.7 Å². The average Bonchev–Trinajstić information content (AvgIpc) is 2.97. The Hall–Kier alpha value is -3.32. The first-order valence-corrected chi connectivity index (χ1v) is 14.1. The molecule has 0 spiro atoms. The molecule has 2 aromatic rings. The zero-order chi connectivity index (χ0) is 31.8. The van der Waals surface area contributed by atoms with E-state index in [1.165, 1.54) is 24.3 Å². The van der Waals surface area contributed by atoms with Crippen molar-refractivity contribution in [3.8, 4) is 0 Å². The molecule has 238 valence electrons. The van der Waals surface area contributed by atoms with Crippen molar-refractivity contribution in [2.75, 3.05) is 75.2 Å². The van der Waals surface area contributed by atoms with Crippen LogP contribution in [0, 0.1) is 11.8 Å². The Morgan fingerprint density at radius 3 is 1.35 bits per heavy atom. The number of aldehydes is 1. The van der Waals surface area contributed by atoms with Gasteiger partial charge in [0.25, 0.3) is 0 Å². The van der Waals surface area contributed by atoms with Crippen LogP contribution in [-0.2, 0) is 21.9 Å². The van der Waals surface area contributed by atoms with E-state index in [1.54, 1.807) is 6.92 Å². The van der Waals surface area contributed by atoms with Gasteiger partial charge in [-0.3, -0.25) is 14.6 Å². The van der Waals surface area contributed by atoms with Crippen molar-refractivity contribution in [3.05, 3.63) is 59.7 Å². The SMILES string of the molecule is C[C@@H](CN1CCN(c2ccc(C(F)(F)F)cc2)CC1)C(=O)O.C[C@H](C=O)CN1CCN(c2ccc(C(F)(F)F)cc2)CC1. The lowest BCUT2D eigenvalue weighted by Crippen LogP contribution is -2.48. The summed E-state index contributed by atoms with van der Waals surface area (Å²) in [6.45, 7) is 10.7. The molecule has 0 bridgehead atoms. The summed E-state index contributed by atoms with van der Waals surface area (Å²) < 4.78 is 75.2. The molecule has 0 saturated carbocycles. The highest BCUT2D eigenvalue weighted by Crippen LogP contribution is 2.32. The molecule has 1 N–H and O–H groups in total. The maximum Gasteiger partial charge on any atom is 0.416 e. The van der Waals surface area contributed by atoms with Crippen LogP contribution in [0.5, 0.6) is 0 Å². The third-order valence-electron chi connectivity index (χ3n) is 7.60. The number of halogens is 6. The fourth-order valence-electron chi connectivity index (χ4n) is 5.02. The Morgan fingerprint density at radius 1 is 0.698 bits per heavy atom. The summed E-state index contributed by atoms with van der Waals surface area (Å²) >= 11 is 0. The van der Waals surface area contributed by atoms with Crippen LogP contribution in [0.15, 0.2) is 48.5 Å². The van der Waals surface area contributed by atoms with Gasteiger partial charge in [-0.2, -0.15) is 26.3 Å². The fourth-order valence-corrected chi connectivity index (χ4v) is 5.02. The number of nitrogens with zero attached hydrogens (tertiary/aromatic N) is 4. The second kappa shape index (κ2) is 14.9. The largest absolute Gasteiger partial charge is 0.481 e. The summed E-state index contributed by atoms with van der Waals surface area (Å²) in [6, 6.07) is 10.4. The summed E-state index contributed by atoms with van der Waals surface area (Å²) in [6.07, 6.45) is -7.66. The molecule has 4 rings (SSSR count). The van der Waals surface area contributed by atoms with E-state index in [0.29, 0.717) is 32.7 Å². The van der Waals surface area contributed by atoms with Crippen LogP contribution in [0.4, 0.5) is 37.7 Å². The normalized spacial score (nSPS) is 18.4. The molecule has 2 heterocycles. The van der Waals surface area contributed by atoms with Crippen LogP contribution in [-0.4, -0.2) is 92.6 Å². The standard InChI is InChI=1S/C15H19F3N2O2.C15H19F3N2O/c1-11(14(21)22)10-19-6-8-20(9-7-19)13-4-2-12(3-5-13)15(16,17)18;1-12(11-21)10-19-6-8-20(9-7-19)14-4-2-13(3-5-14)15(16,17)18/h2-5,11H,6-10H2,1H3,(H,21,22);2-5,11-12H,6-10H2,1H3/t11-;12-/m00/s1. The van der Waals surface area contributed by atoms with Crippen LogP contribution in [0.1, 0.15) is 25.0 Å². The Kier molecular flexibility index (Phi) is 11.9. The van der Waals surface area contributed by atoms with E-state index >= 15 is 0 Å². The number of benzene rings is 2. The van der Waals surface area contributed by atoms with Crippen molar-refractivity contribution in [1.29, 1.82) is 0 Å². The molecule has 0 aromatic heterocycles. The van der Waals surface area contributed by atoms with Gasteiger partial charge >= 0.3 is 18.3 Å². The first kappa shape index (κ1) is 34.2. The minimum Gasteiger partial charge on any atom is -0.481 e. The van der Waals surface area contributed by atoms with E-state index in [4.69, 9.17) is 5.11 Å². The third-order valence-corrected chi connectivity index (χ3v) is 7.60. The van der Waals surface area contributed by atoms with E-state index in [-0.39, 0.29) is 5.92 Å². The zero-order valence-corrected chi connectivity index (χ0v) is 24.2. The Balaban J connectivity index is 0.000000236. The number of aliphatic carboxylic acids is 1. The highest BCUT2D eigenvalue weighted by atomic mass is 19.4. The van der Waals surface area contributed by atoms with Gasteiger partial charge in [-0.15, -0.1) is 0 Å². The summed E-state index contributed by atoms with van der Waals surface area (Å²) in [5, 5.41) is 8.91. The van der Waals surface area contributed by atoms with Gasteiger partial charge in [-0.25, -0.2) is 0 Å². The van der Waals surface area contributed by atoms with Gasteiger partial charge < -0.3 is 19.7 Å². The summed E-state index contributed by atoms with van der Waals surface area (Å²) in [7, 11) is 0. The van der Waals surface area contributed by atoms with Crippen LogP contribution in [0.25, 0.3) is 0 Å². The summed E-state index contributed by atoms with van der Waals surface area (Å²) in [5.41, 5.74) is 0.305. The molecule has 7 nitrogen and oxygen atoms in total. The van der Waals surface area contributed by atoms with Crippen molar-refractivity contribution >= 4 is 23.6 Å². The highest BCUT2D eigenvalue weighted by Gasteiger charge is 2.31. The molecule has 2 aliphatic heterocycles. The Morgan fingerprint density at radius 2 is 1.05 bits per heavy atom. The molecule has 2 saturated heterocycles. The quantitative estimate of drug-likeness (QED) is 0.323. The molecule has 43 heavy (non-hydrogen) atoms. The smallest absolute Gasteiger partial charge is 0.416 e. The molecular formula is C30H38F6N4O3. The second-order valence-electron chi connectivity index (χ2n) is 11.0. The number of anilines is 2. The van der Waals surface area contributed by atoms with Crippen molar-refractivity contribution in [2.24, 2.45) is 11.8 Å². The molecule has 0 aliphatic carbocycles. The second-order valence-corrected chi connectivity index (χ2v) is 11.0. The van der Waals surface area contributed by atoms with Gasteiger partial charge in [0, 0.05) is 82.7 Å². The van der Waals surface area contributed by atoms with Gasteiger partial charge in [-0.05, 0) is 48.5 Å². The van der Waals surface area contributed by atoms with Gasteiger partial charge in [0.15, 0.2) is 0 Å². The predicted molar refractivity (Wildman–Crippen MR) is 152 cm³/mol. The molecule has 2 fully saturated rings. The number of alkyl halides is 6. The lowest BCUT2D eigenvalue weighted by atomic mass is 10.1. The number of hydrogen-bond donors (Lipinski definition) is 1. The number of carboxylic acids is 1.